The molecule has 1 aromatic rings. The normalized spacial score (nSPS) is 42.2. The third-order valence-corrected chi connectivity index (χ3v) is 12.5. The highest BCUT2D eigenvalue weighted by Crippen LogP contribution is 2.68. The van der Waals surface area contributed by atoms with E-state index in [0.29, 0.717) is 29.0 Å². The molecule has 0 spiro atoms. The van der Waals surface area contributed by atoms with Crippen molar-refractivity contribution in [1.82, 2.24) is 5.32 Å². The molecule has 6 unspecified atom stereocenters. The largest absolute Gasteiger partial charge is 0.508 e. The van der Waals surface area contributed by atoms with E-state index in [9.17, 15) is 10.2 Å². The molecule has 3 N–H and O–H groups in total. The summed E-state index contributed by atoms with van der Waals surface area (Å²) in [4.78, 5) is 0. The molecule has 0 bridgehead atoms. The van der Waals surface area contributed by atoms with E-state index in [-0.39, 0.29) is 12.1 Å². The van der Waals surface area contributed by atoms with Gasteiger partial charge in [0.15, 0.2) is 0 Å². The number of aliphatic hydroxyl groups excluding tert-OH is 1. The van der Waals surface area contributed by atoms with Gasteiger partial charge in [0.05, 0.1) is 6.10 Å². The Hall–Kier alpha value is -1.06. The van der Waals surface area contributed by atoms with Crippen LogP contribution in [0.15, 0.2) is 24.3 Å². The van der Waals surface area contributed by atoms with Crippen molar-refractivity contribution in [3.63, 3.8) is 0 Å². The Bertz CT molecular complexity index is 915. The van der Waals surface area contributed by atoms with Gasteiger partial charge in [0.25, 0.3) is 0 Å². The summed E-state index contributed by atoms with van der Waals surface area (Å²) in [5.74, 6) is 6.20. The van der Waals surface area contributed by atoms with Gasteiger partial charge in [-0.15, -0.1) is 0 Å². The Labute approximate surface area is 227 Å². The minimum Gasteiger partial charge on any atom is -0.508 e. The molecule has 3 nitrogen and oxygen atoms in total. The number of hydrogen-bond acceptors (Lipinski definition) is 3. The predicted molar refractivity (Wildman–Crippen MR) is 153 cm³/mol. The molecule has 0 aromatic heterocycles. The fourth-order valence-corrected chi connectivity index (χ4v) is 10.4. The number of phenolic OH excluding ortho intramolecular Hbond substituents is 1. The zero-order chi connectivity index (χ0) is 26.4. The quantitative estimate of drug-likeness (QED) is 0.333. The van der Waals surface area contributed by atoms with Gasteiger partial charge in [-0.05, 0) is 110 Å². The van der Waals surface area contributed by atoms with Crippen molar-refractivity contribution in [1.29, 1.82) is 0 Å². The Balaban J connectivity index is 1.27. The predicted octanol–water partition coefficient (Wildman–Crippen LogP) is 7.94. The molecule has 4 aliphatic carbocycles. The van der Waals surface area contributed by atoms with Crippen molar-refractivity contribution in [3.05, 3.63) is 29.8 Å². The maximum atomic E-state index is 11.1. The number of aliphatic hydroxyl groups is 1. The first-order valence-electron chi connectivity index (χ1n) is 15.8. The Morgan fingerprint density at radius 3 is 2.46 bits per heavy atom. The maximum absolute atomic E-state index is 11.1. The molecule has 0 heterocycles. The number of hydrogen-bond donors (Lipinski definition) is 3. The molecular formula is C34H55NO2. The molecule has 5 rings (SSSR count). The molecule has 3 heteroatoms. The van der Waals surface area contributed by atoms with Crippen LogP contribution in [-0.4, -0.2) is 22.4 Å². The van der Waals surface area contributed by atoms with Crippen molar-refractivity contribution in [2.45, 2.75) is 124 Å². The molecule has 1 aromatic carbocycles. The molecule has 0 aliphatic heterocycles. The molecule has 0 amide bonds. The van der Waals surface area contributed by atoms with Gasteiger partial charge in [-0.25, -0.2) is 0 Å². The van der Waals surface area contributed by atoms with E-state index in [2.05, 4.69) is 39.9 Å². The van der Waals surface area contributed by atoms with E-state index in [1.807, 2.05) is 18.2 Å². The molecule has 4 fully saturated rings. The Kier molecular flexibility index (Phi) is 8.06. The standard InChI is InChI=1S/C34H55NO2/c1-22(2)9-8-10-23(3)27-15-16-28-26-14-13-25-19-32(37)30(35-21-24-11-6-7-12-31(24)36)20-34(25,5)29(26)17-18-33(27,28)4/h6-7,11-12,22-23,25-30,32,35-37H,8-10,13-21H2,1-5H3/t23?,25?,26?,27-,28?,29?,30-,32?,33-,34+/m1/s1. The van der Waals surface area contributed by atoms with Gasteiger partial charge >= 0.3 is 0 Å². The smallest absolute Gasteiger partial charge is 0.120 e. The monoisotopic (exact) mass is 509 g/mol. The number of rotatable bonds is 8. The van der Waals surface area contributed by atoms with Gasteiger partial charge in [0.2, 0.25) is 0 Å². The lowest BCUT2D eigenvalue weighted by molar-refractivity contribution is -0.137. The van der Waals surface area contributed by atoms with E-state index in [1.165, 1.54) is 57.8 Å². The fourth-order valence-electron chi connectivity index (χ4n) is 10.4. The van der Waals surface area contributed by atoms with Crippen LogP contribution < -0.4 is 5.32 Å². The molecule has 4 aliphatic rings. The second kappa shape index (κ2) is 10.8. The molecular weight excluding hydrogens is 454 g/mol. The van der Waals surface area contributed by atoms with Crippen LogP contribution in [0.4, 0.5) is 0 Å². The molecule has 37 heavy (non-hydrogen) atoms. The molecule has 0 saturated heterocycles. The topological polar surface area (TPSA) is 52.5 Å². The summed E-state index contributed by atoms with van der Waals surface area (Å²) in [5, 5.41) is 25.0. The van der Waals surface area contributed by atoms with Crippen molar-refractivity contribution >= 4 is 0 Å². The lowest BCUT2D eigenvalue weighted by Crippen LogP contribution is -2.59. The van der Waals surface area contributed by atoms with Crippen LogP contribution in [0.2, 0.25) is 0 Å². The Morgan fingerprint density at radius 1 is 0.946 bits per heavy atom. The summed E-state index contributed by atoms with van der Waals surface area (Å²) in [6, 6.07) is 7.72. The number of aromatic hydroxyl groups is 1. The fraction of sp³-hybridized carbons (Fsp3) is 0.824. The van der Waals surface area contributed by atoms with Crippen molar-refractivity contribution in [3.8, 4) is 5.75 Å². The highest BCUT2D eigenvalue weighted by atomic mass is 16.3. The minimum absolute atomic E-state index is 0.116. The van der Waals surface area contributed by atoms with Gasteiger partial charge in [0, 0.05) is 18.2 Å². The number of fused-ring (bicyclic) bond motifs is 5. The average molecular weight is 510 g/mol. The van der Waals surface area contributed by atoms with E-state index in [1.54, 1.807) is 6.07 Å². The number of nitrogens with one attached hydrogen (secondary N) is 1. The zero-order valence-corrected chi connectivity index (χ0v) is 24.4. The zero-order valence-electron chi connectivity index (χ0n) is 24.4. The Morgan fingerprint density at radius 2 is 1.70 bits per heavy atom. The summed E-state index contributed by atoms with van der Waals surface area (Å²) < 4.78 is 0. The molecule has 10 atom stereocenters. The SMILES string of the molecule is CC(C)CCCC(C)[C@H]1CCC2C3CCC4CC(O)[C@H](NCc5ccccc5O)C[C@]4(C)C3CC[C@@]21C. The second-order valence-corrected chi connectivity index (χ2v) is 14.8. The molecule has 4 saturated carbocycles. The summed E-state index contributed by atoms with van der Waals surface area (Å²) in [6.07, 6.45) is 14.4. The lowest BCUT2D eigenvalue weighted by atomic mass is 9.44. The maximum Gasteiger partial charge on any atom is 0.120 e. The number of benzene rings is 1. The first-order chi connectivity index (χ1) is 17.6. The van der Waals surface area contributed by atoms with E-state index in [0.717, 1.165) is 53.9 Å². The third-order valence-electron chi connectivity index (χ3n) is 12.5. The lowest BCUT2D eigenvalue weighted by Gasteiger charge is -2.62. The van der Waals surface area contributed by atoms with Crippen molar-refractivity contribution in [2.75, 3.05) is 0 Å². The highest BCUT2D eigenvalue weighted by Gasteiger charge is 2.61. The summed E-state index contributed by atoms with van der Waals surface area (Å²) in [7, 11) is 0. The van der Waals surface area contributed by atoms with Crippen LogP contribution >= 0.6 is 0 Å². The van der Waals surface area contributed by atoms with Gasteiger partial charge in [0.1, 0.15) is 5.75 Å². The van der Waals surface area contributed by atoms with Crippen LogP contribution in [-0.2, 0) is 6.54 Å². The minimum atomic E-state index is -0.281. The van der Waals surface area contributed by atoms with Crippen LogP contribution in [0.5, 0.6) is 5.75 Å². The van der Waals surface area contributed by atoms with Gasteiger partial charge in [-0.2, -0.15) is 0 Å². The average Bonchev–Trinajstić information content (AvgIpc) is 3.21. The van der Waals surface area contributed by atoms with Crippen molar-refractivity contribution in [2.24, 2.45) is 52.3 Å². The summed E-state index contributed by atoms with van der Waals surface area (Å²) in [6.45, 7) is 13.2. The van der Waals surface area contributed by atoms with E-state index < -0.39 is 0 Å². The van der Waals surface area contributed by atoms with E-state index in [4.69, 9.17) is 0 Å². The third kappa shape index (κ3) is 5.13. The second-order valence-electron chi connectivity index (χ2n) is 14.8. The van der Waals surface area contributed by atoms with Gasteiger partial charge < -0.3 is 15.5 Å². The summed E-state index contributed by atoms with van der Waals surface area (Å²) >= 11 is 0. The number of phenols is 1. The summed E-state index contributed by atoms with van der Waals surface area (Å²) in [5.41, 5.74) is 1.79. The van der Waals surface area contributed by atoms with E-state index >= 15 is 0 Å². The van der Waals surface area contributed by atoms with Crippen LogP contribution in [0.3, 0.4) is 0 Å². The molecule has 0 radical (unpaired) electrons. The van der Waals surface area contributed by atoms with Crippen molar-refractivity contribution < 1.29 is 10.2 Å². The number of para-hydroxylation sites is 1. The first-order valence-corrected chi connectivity index (χ1v) is 15.8. The van der Waals surface area contributed by atoms with Gasteiger partial charge in [-0.3, -0.25) is 0 Å². The van der Waals surface area contributed by atoms with Crippen LogP contribution in [0, 0.1) is 52.3 Å². The molecule has 208 valence electrons. The van der Waals surface area contributed by atoms with Crippen LogP contribution in [0.1, 0.15) is 111 Å². The highest BCUT2D eigenvalue weighted by molar-refractivity contribution is 5.31. The van der Waals surface area contributed by atoms with Gasteiger partial charge in [-0.1, -0.05) is 72.1 Å². The first kappa shape index (κ1) is 27.5. The van der Waals surface area contributed by atoms with Crippen LogP contribution in [0.25, 0.3) is 0 Å².